The van der Waals surface area contributed by atoms with Crippen molar-refractivity contribution in [1.82, 2.24) is 20.2 Å². The van der Waals surface area contributed by atoms with Gasteiger partial charge >= 0.3 is 0 Å². The summed E-state index contributed by atoms with van der Waals surface area (Å²) in [5, 5.41) is 12.0. The molecule has 1 aromatic heterocycles. The number of amides is 1. The summed E-state index contributed by atoms with van der Waals surface area (Å²) in [7, 11) is 0. The van der Waals surface area contributed by atoms with Gasteiger partial charge in [-0.2, -0.15) is 0 Å². The summed E-state index contributed by atoms with van der Waals surface area (Å²) in [6.07, 6.45) is 3.13. The molecule has 1 aliphatic rings. The molecule has 110 valence electrons. The summed E-state index contributed by atoms with van der Waals surface area (Å²) in [5.41, 5.74) is 2.63. The minimum absolute atomic E-state index is 0.0840. The predicted molar refractivity (Wildman–Crippen MR) is 79.7 cm³/mol. The summed E-state index contributed by atoms with van der Waals surface area (Å²) in [4.78, 5) is 14.2. The molecule has 0 N–H and O–H groups in total. The average molecular weight is 326 g/mol. The van der Waals surface area contributed by atoms with Crippen molar-refractivity contribution in [2.24, 2.45) is 0 Å². The van der Waals surface area contributed by atoms with Crippen molar-refractivity contribution >= 4 is 34.8 Å². The lowest BCUT2D eigenvalue weighted by Gasteiger charge is -2.31. The minimum Gasteiger partial charge on any atom is -0.310 e. The van der Waals surface area contributed by atoms with E-state index in [0.717, 1.165) is 29.7 Å². The molecule has 3 rings (SSSR count). The molecule has 0 saturated carbocycles. The SMILES string of the molecule is Cc1c(Cl)cc2c(c1Cl)CCCN2C(=O)Cn1cnnn1. The number of aromatic nitrogens is 4. The fraction of sp³-hybridized carbons (Fsp3) is 0.385. The third-order valence-electron chi connectivity index (χ3n) is 3.61. The minimum atomic E-state index is -0.0840. The van der Waals surface area contributed by atoms with E-state index in [1.165, 1.54) is 11.0 Å². The smallest absolute Gasteiger partial charge is 0.248 e. The van der Waals surface area contributed by atoms with Gasteiger partial charge in [-0.25, -0.2) is 4.68 Å². The van der Waals surface area contributed by atoms with Gasteiger partial charge in [0.1, 0.15) is 12.9 Å². The van der Waals surface area contributed by atoms with Crippen LogP contribution in [0.2, 0.25) is 10.0 Å². The average Bonchev–Trinajstić information content (AvgIpc) is 2.97. The van der Waals surface area contributed by atoms with Crippen molar-refractivity contribution in [3.8, 4) is 0 Å². The Morgan fingerprint density at radius 1 is 1.43 bits per heavy atom. The lowest BCUT2D eigenvalue weighted by Crippen LogP contribution is -2.38. The Balaban J connectivity index is 1.95. The van der Waals surface area contributed by atoms with Gasteiger partial charge in [0.25, 0.3) is 0 Å². The van der Waals surface area contributed by atoms with Gasteiger partial charge in [0.15, 0.2) is 0 Å². The van der Waals surface area contributed by atoms with Crippen LogP contribution < -0.4 is 4.90 Å². The third kappa shape index (κ3) is 2.61. The van der Waals surface area contributed by atoms with Crippen molar-refractivity contribution in [2.75, 3.05) is 11.4 Å². The molecular formula is C13H13Cl2N5O. The second-order valence-corrected chi connectivity index (χ2v) is 5.74. The molecule has 0 atom stereocenters. The highest BCUT2D eigenvalue weighted by atomic mass is 35.5. The van der Waals surface area contributed by atoms with Gasteiger partial charge in [0, 0.05) is 17.3 Å². The van der Waals surface area contributed by atoms with Crippen LogP contribution in [0.4, 0.5) is 5.69 Å². The van der Waals surface area contributed by atoms with E-state index >= 15 is 0 Å². The van der Waals surface area contributed by atoms with E-state index in [4.69, 9.17) is 23.2 Å². The van der Waals surface area contributed by atoms with E-state index < -0.39 is 0 Å². The normalized spacial score (nSPS) is 14.1. The van der Waals surface area contributed by atoms with Crippen LogP contribution in [-0.4, -0.2) is 32.7 Å². The molecule has 2 heterocycles. The van der Waals surface area contributed by atoms with Crippen LogP contribution in [0.25, 0.3) is 0 Å². The molecule has 2 aromatic rings. The quantitative estimate of drug-likeness (QED) is 0.849. The van der Waals surface area contributed by atoms with Crippen molar-refractivity contribution in [1.29, 1.82) is 0 Å². The molecule has 1 amide bonds. The Labute approximate surface area is 131 Å². The van der Waals surface area contributed by atoms with E-state index in [9.17, 15) is 4.79 Å². The largest absolute Gasteiger partial charge is 0.310 e. The van der Waals surface area contributed by atoms with Gasteiger partial charge in [0.2, 0.25) is 5.91 Å². The van der Waals surface area contributed by atoms with Crippen LogP contribution in [0.15, 0.2) is 12.4 Å². The molecule has 0 radical (unpaired) electrons. The van der Waals surface area contributed by atoms with E-state index in [2.05, 4.69) is 15.5 Å². The van der Waals surface area contributed by atoms with Gasteiger partial charge in [-0.05, 0) is 47.4 Å². The molecule has 0 saturated heterocycles. The second-order valence-electron chi connectivity index (χ2n) is 4.95. The number of anilines is 1. The molecule has 1 aliphatic heterocycles. The van der Waals surface area contributed by atoms with Gasteiger partial charge in [-0.3, -0.25) is 4.79 Å². The maximum absolute atomic E-state index is 12.5. The summed E-state index contributed by atoms with van der Waals surface area (Å²) in [6.45, 7) is 2.62. The number of benzene rings is 1. The fourth-order valence-electron chi connectivity index (χ4n) is 2.51. The lowest BCUT2D eigenvalue weighted by molar-refractivity contribution is -0.119. The van der Waals surface area contributed by atoms with Gasteiger partial charge in [-0.1, -0.05) is 23.2 Å². The van der Waals surface area contributed by atoms with Crippen LogP contribution in [-0.2, 0) is 17.8 Å². The fourth-order valence-corrected chi connectivity index (χ4v) is 3.05. The molecular weight excluding hydrogens is 313 g/mol. The molecule has 8 heteroatoms. The zero-order valence-corrected chi connectivity index (χ0v) is 12.9. The Hall–Kier alpha value is -1.66. The Morgan fingerprint density at radius 2 is 2.24 bits per heavy atom. The van der Waals surface area contributed by atoms with E-state index in [0.29, 0.717) is 16.6 Å². The highest BCUT2D eigenvalue weighted by Crippen LogP contribution is 2.38. The second kappa shape index (κ2) is 5.61. The zero-order valence-electron chi connectivity index (χ0n) is 11.4. The van der Waals surface area contributed by atoms with Crippen LogP contribution >= 0.6 is 23.2 Å². The standard InChI is InChI=1S/C13H13Cl2N5O/c1-8-10(14)5-11-9(13(8)15)3-2-4-20(11)12(21)6-19-7-16-17-18-19/h5,7H,2-4,6H2,1H3. The van der Waals surface area contributed by atoms with Gasteiger partial charge in [0.05, 0.1) is 5.02 Å². The van der Waals surface area contributed by atoms with Crippen molar-refractivity contribution in [2.45, 2.75) is 26.3 Å². The summed E-state index contributed by atoms with van der Waals surface area (Å²) in [5.74, 6) is -0.0840. The van der Waals surface area contributed by atoms with Crippen LogP contribution in [0.3, 0.4) is 0 Å². The molecule has 0 unspecified atom stereocenters. The van der Waals surface area contributed by atoms with E-state index in [1.807, 2.05) is 13.0 Å². The summed E-state index contributed by atoms with van der Waals surface area (Å²) < 4.78 is 1.40. The number of rotatable bonds is 2. The molecule has 21 heavy (non-hydrogen) atoms. The number of hydrogen-bond acceptors (Lipinski definition) is 4. The first-order chi connectivity index (χ1) is 10.1. The molecule has 6 nitrogen and oxygen atoms in total. The van der Waals surface area contributed by atoms with Crippen molar-refractivity contribution in [3.05, 3.63) is 33.6 Å². The van der Waals surface area contributed by atoms with Gasteiger partial charge in [-0.15, -0.1) is 5.10 Å². The summed E-state index contributed by atoms with van der Waals surface area (Å²) >= 11 is 12.6. The van der Waals surface area contributed by atoms with Gasteiger partial charge < -0.3 is 4.90 Å². The highest BCUT2D eigenvalue weighted by molar-refractivity contribution is 6.37. The van der Waals surface area contributed by atoms with Crippen molar-refractivity contribution in [3.63, 3.8) is 0 Å². The Kier molecular flexibility index (Phi) is 3.82. The molecule has 0 aliphatic carbocycles. The molecule has 0 fully saturated rings. The number of tetrazole rings is 1. The monoisotopic (exact) mass is 325 g/mol. The maximum atomic E-state index is 12.5. The van der Waals surface area contributed by atoms with E-state index in [-0.39, 0.29) is 12.5 Å². The predicted octanol–water partition coefficient (Wildman–Crippen LogP) is 2.27. The van der Waals surface area contributed by atoms with E-state index in [1.54, 1.807) is 4.90 Å². The topological polar surface area (TPSA) is 63.9 Å². The number of hydrogen-bond donors (Lipinski definition) is 0. The van der Waals surface area contributed by atoms with Crippen LogP contribution in [0.5, 0.6) is 0 Å². The highest BCUT2D eigenvalue weighted by Gasteiger charge is 2.26. The first kappa shape index (κ1) is 14.3. The first-order valence-electron chi connectivity index (χ1n) is 6.56. The third-order valence-corrected chi connectivity index (χ3v) is 4.52. The molecule has 0 bridgehead atoms. The molecule has 1 aromatic carbocycles. The maximum Gasteiger partial charge on any atom is 0.248 e. The first-order valence-corrected chi connectivity index (χ1v) is 7.32. The Morgan fingerprint density at radius 3 is 2.95 bits per heavy atom. The number of fused-ring (bicyclic) bond motifs is 1. The number of nitrogens with zero attached hydrogens (tertiary/aromatic N) is 5. The van der Waals surface area contributed by atoms with Crippen LogP contribution in [0, 0.1) is 6.92 Å². The lowest BCUT2D eigenvalue weighted by atomic mass is 9.99. The Bertz CT molecular complexity index is 686. The zero-order chi connectivity index (χ0) is 15.0. The van der Waals surface area contributed by atoms with Crippen LogP contribution in [0.1, 0.15) is 17.5 Å². The number of halogens is 2. The molecule has 0 spiro atoms. The number of carbonyl (C=O) groups excluding carboxylic acids is 1. The number of carbonyl (C=O) groups is 1. The summed E-state index contributed by atoms with van der Waals surface area (Å²) in [6, 6.07) is 1.81. The van der Waals surface area contributed by atoms with Crippen molar-refractivity contribution < 1.29 is 4.79 Å².